The maximum Gasteiger partial charge on any atom is 0.306 e. The Morgan fingerprint density at radius 2 is 2.00 bits per heavy atom. The number of ether oxygens (including phenoxy) is 2. The standard InChI is InChI=1S/C17H24O4S/c1-2-3-4-14(17(18)19)11-13-5-7-15(8-6-13)22-12-16-20-9-10-21-16/h5-8,14,16H,2-4,9-12H2,1H3,(H,18,19). The minimum atomic E-state index is -0.692. The van der Waals surface area contributed by atoms with Crippen LogP contribution in [0.2, 0.25) is 0 Å². The van der Waals surface area contributed by atoms with Crippen molar-refractivity contribution in [1.82, 2.24) is 0 Å². The van der Waals surface area contributed by atoms with Crippen molar-refractivity contribution in [2.75, 3.05) is 19.0 Å². The molecule has 5 heteroatoms. The van der Waals surface area contributed by atoms with Crippen LogP contribution >= 0.6 is 11.8 Å². The summed E-state index contributed by atoms with van der Waals surface area (Å²) >= 11 is 1.70. The predicted octanol–water partition coefficient (Wildman–Crippen LogP) is 3.59. The molecule has 1 aromatic rings. The first-order valence-electron chi connectivity index (χ1n) is 7.86. The summed E-state index contributed by atoms with van der Waals surface area (Å²) in [5.41, 5.74) is 1.08. The molecule has 1 aliphatic rings. The van der Waals surface area contributed by atoms with E-state index < -0.39 is 5.97 Å². The highest BCUT2D eigenvalue weighted by molar-refractivity contribution is 7.99. The van der Waals surface area contributed by atoms with Gasteiger partial charge in [-0.1, -0.05) is 31.9 Å². The summed E-state index contributed by atoms with van der Waals surface area (Å²) in [7, 11) is 0. The molecule has 1 atom stereocenters. The lowest BCUT2D eigenvalue weighted by Crippen LogP contribution is -2.16. The summed E-state index contributed by atoms with van der Waals surface area (Å²) in [6.45, 7) is 3.44. The highest BCUT2D eigenvalue weighted by atomic mass is 32.2. The molecule has 0 bridgehead atoms. The lowest BCUT2D eigenvalue weighted by molar-refractivity contribution is -0.142. The minimum absolute atomic E-state index is 0.102. The van der Waals surface area contributed by atoms with Crippen LogP contribution in [0.1, 0.15) is 31.7 Å². The molecule has 0 radical (unpaired) electrons. The first-order chi connectivity index (χ1) is 10.7. The van der Waals surface area contributed by atoms with E-state index in [0.717, 1.165) is 35.5 Å². The number of unbranched alkanes of at least 4 members (excludes halogenated alkanes) is 1. The third kappa shape index (κ3) is 5.63. The molecule has 1 aromatic carbocycles. The summed E-state index contributed by atoms with van der Waals surface area (Å²) < 4.78 is 10.8. The van der Waals surface area contributed by atoms with Crippen LogP contribution in [0.5, 0.6) is 0 Å². The van der Waals surface area contributed by atoms with Crippen molar-refractivity contribution < 1.29 is 19.4 Å². The van der Waals surface area contributed by atoms with E-state index >= 15 is 0 Å². The number of carboxylic acid groups (broad SMARTS) is 1. The van der Waals surface area contributed by atoms with E-state index in [2.05, 4.69) is 6.92 Å². The highest BCUT2D eigenvalue weighted by Crippen LogP contribution is 2.23. The quantitative estimate of drug-likeness (QED) is 0.704. The van der Waals surface area contributed by atoms with Gasteiger partial charge in [0.15, 0.2) is 6.29 Å². The second kappa shape index (κ2) is 9.18. The molecular formula is C17H24O4S. The number of carboxylic acids is 1. The molecule has 1 unspecified atom stereocenters. The van der Waals surface area contributed by atoms with Gasteiger partial charge >= 0.3 is 5.97 Å². The SMILES string of the molecule is CCCCC(Cc1ccc(SCC2OCCO2)cc1)C(=O)O. The van der Waals surface area contributed by atoms with Gasteiger partial charge in [0.2, 0.25) is 0 Å². The Labute approximate surface area is 136 Å². The zero-order valence-electron chi connectivity index (χ0n) is 13.0. The number of benzene rings is 1. The van der Waals surface area contributed by atoms with Crippen molar-refractivity contribution in [2.45, 2.75) is 43.8 Å². The van der Waals surface area contributed by atoms with Crippen LogP contribution in [-0.2, 0) is 20.7 Å². The predicted molar refractivity (Wildman–Crippen MR) is 87.2 cm³/mol. The summed E-state index contributed by atoms with van der Waals surface area (Å²) in [6, 6.07) is 8.16. The van der Waals surface area contributed by atoms with Crippen LogP contribution in [0.15, 0.2) is 29.2 Å². The van der Waals surface area contributed by atoms with Gasteiger partial charge < -0.3 is 14.6 Å². The molecule has 1 heterocycles. The highest BCUT2D eigenvalue weighted by Gasteiger charge is 2.18. The first kappa shape index (κ1) is 17.3. The van der Waals surface area contributed by atoms with Crippen LogP contribution in [0.4, 0.5) is 0 Å². The van der Waals surface area contributed by atoms with E-state index in [-0.39, 0.29) is 12.2 Å². The van der Waals surface area contributed by atoms with Crippen molar-refractivity contribution in [1.29, 1.82) is 0 Å². The summed E-state index contributed by atoms with van der Waals surface area (Å²) in [4.78, 5) is 12.5. The third-order valence-electron chi connectivity index (χ3n) is 3.74. The molecule has 22 heavy (non-hydrogen) atoms. The normalized spacial score (nSPS) is 16.8. The Bertz CT molecular complexity index is 454. The van der Waals surface area contributed by atoms with Crippen LogP contribution in [0, 0.1) is 5.92 Å². The fourth-order valence-electron chi connectivity index (χ4n) is 2.44. The van der Waals surface area contributed by atoms with Gasteiger partial charge in [-0.25, -0.2) is 0 Å². The molecule has 2 rings (SSSR count). The van der Waals surface area contributed by atoms with Gasteiger partial charge in [0, 0.05) is 10.6 Å². The van der Waals surface area contributed by atoms with Crippen molar-refractivity contribution in [2.24, 2.45) is 5.92 Å². The number of rotatable bonds is 9. The van der Waals surface area contributed by atoms with Gasteiger partial charge in [0.05, 0.1) is 19.1 Å². The Balaban J connectivity index is 1.83. The molecule has 1 saturated heterocycles. The van der Waals surface area contributed by atoms with E-state index in [4.69, 9.17) is 9.47 Å². The first-order valence-corrected chi connectivity index (χ1v) is 8.85. The number of hydrogen-bond acceptors (Lipinski definition) is 4. The maximum atomic E-state index is 11.3. The van der Waals surface area contributed by atoms with Gasteiger partial charge in [0.1, 0.15) is 0 Å². The molecule has 122 valence electrons. The smallest absolute Gasteiger partial charge is 0.306 e. The molecule has 4 nitrogen and oxygen atoms in total. The second-order valence-corrected chi connectivity index (χ2v) is 6.60. The number of aliphatic carboxylic acids is 1. The van der Waals surface area contributed by atoms with E-state index in [1.54, 1.807) is 11.8 Å². The Morgan fingerprint density at radius 1 is 1.32 bits per heavy atom. The van der Waals surface area contributed by atoms with Crippen LogP contribution in [0.25, 0.3) is 0 Å². The van der Waals surface area contributed by atoms with Crippen molar-refractivity contribution in [3.8, 4) is 0 Å². The molecule has 0 saturated carbocycles. The van der Waals surface area contributed by atoms with E-state index in [1.807, 2.05) is 24.3 Å². The van der Waals surface area contributed by atoms with E-state index in [9.17, 15) is 9.90 Å². The van der Waals surface area contributed by atoms with Gasteiger partial charge in [-0.05, 0) is 30.5 Å². The van der Waals surface area contributed by atoms with Crippen molar-refractivity contribution in [3.05, 3.63) is 29.8 Å². The largest absolute Gasteiger partial charge is 0.481 e. The molecule has 0 aromatic heterocycles. The molecule has 1 aliphatic heterocycles. The Hall–Kier alpha value is -1.04. The van der Waals surface area contributed by atoms with Crippen LogP contribution < -0.4 is 0 Å². The van der Waals surface area contributed by atoms with Crippen LogP contribution in [0.3, 0.4) is 0 Å². The van der Waals surface area contributed by atoms with Gasteiger partial charge in [-0.15, -0.1) is 11.8 Å². The molecule has 1 fully saturated rings. The number of carbonyl (C=O) groups is 1. The fourth-order valence-corrected chi connectivity index (χ4v) is 3.29. The van der Waals surface area contributed by atoms with Gasteiger partial charge in [-0.3, -0.25) is 4.79 Å². The molecular weight excluding hydrogens is 300 g/mol. The lowest BCUT2D eigenvalue weighted by atomic mass is 9.94. The summed E-state index contributed by atoms with van der Waals surface area (Å²) in [5, 5.41) is 9.29. The topological polar surface area (TPSA) is 55.8 Å². The zero-order valence-corrected chi connectivity index (χ0v) is 13.8. The maximum absolute atomic E-state index is 11.3. The van der Waals surface area contributed by atoms with Gasteiger partial charge in [-0.2, -0.15) is 0 Å². The average Bonchev–Trinajstić information content (AvgIpc) is 3.03. The Morgan fingerprint density at radius 3 is 2.59 bits per heavy atom. The van der Waals surface area contributed by atoms with Crippen molar-refractivity contribution in [3.63, 3.8) is 0 Å². The van der Waals surface area contributed by atoms with Gasteiger partial charge in [0.25, 0.3) is 0 Å². The lowest BCUT2D eigenvalue weighted by Gasteiger charge is -2.12. The van der Waals surface area contributed by atoms with Crippen LogP contribution in [-0.4, -0.2) is 36.3 Å². The molecule has 0 amide bonds. The monoisotopic (exact) mass is 324 g/mol. The molecule has 0 spiro atoms. The fraction of sp³-hybridized carbons (Fsp3) is 0.588. The summed E-state index contributed by atoms with van der Waals surface area (Å²) in [6.07, 6.45) is 3.25. The zero-order chi connectivity index (χ0) is 15.8. The minimum Gasteiger partial charge on any atom is -0.481 e. The second-order valence-electron chi connectivity index (χ2n) is 5.51. The summed E-state index contributed by atoms with van der Waals surface area (Å²) in [5.74, 6) is -0.186. The third-order valence-corrected chi connectivity index (χ3v) is 4.78. The molecule has 1 N–H and O–H groups in total. The Kier molecular flexibility index (Phi) is 7.22. The van der Waals surface area contributed by atoms with E-state index in [0.29, 0.717) is 19.6 Å². The molecule has 0 aliphatic carbocycles. The number of thioether (sulfide) groups is 1. The van der Waals surface area contributed by atoms with E-state index in [1.165, 1.54) is 0 Å². The van der Waals surface area contributed by atoms with Crippen molar-refractivity contribution >= 4 is 17.7 Å². The number of hydrogen-bond donors (Lipinski definition) is 1. The average molecular weight is 324 g/mol.